The monoisotopic (exact) mass is 1740 g/mol. The van der Waals surface area contributed by atoms with E-state index in [0.29, 0.717) is 5.56 Å². The molecule has 102 heavy (non-hydrogen) atoms. The molecule has 1 heterocycles. The van der Waals surface area contributed by atoms with Crippen molar-refractivity contribution in [2.24, 2.45) is 25.0 Å². The van der Waals surface area contributed by atoms with Crippen LogP contribution in [0.25, 0.3) is 10.9 Å². The summed E-state index contributed by atoms with van der Waals surface area (Å²) in [5, 5.41) is 49.2. The van der Waals surface area contributed by atoms with Gasteiger partial charge in [-0.2, -0.15) is 0 Å². The molecule has 0 saturated carbocycles. The second-order valence-electron chi connectivity index (χ2n) is 20.9. The number of phenolic OH excluding ortho intramolecular Hbond substituents is 5. The predicted octanol–water partition coefficient (Wildman–Crippen LogP) is 25.6. The third-order valence-corrected chi connectivity index (χ3v) is 13.5. The minimum absolute atomic E-state index is 0.222. The van der Waals surface area contributed by atoms with Gasteiger partial charge in [0.25, 0.3) is 0 Å². The van der Waals surface area contributed by atoms with E-state index in [9.17, 15) is 25.5 Å². The maximum atomic E-state index is 9.69. The van der Waals surface area contributed by atoms with Crippen LogP contribution < -0.4 is 0 Å². The molecule has 0 amide bonds. The molecule has 0 fully saturated rings. The van der Waals surface area contributed by atoms with Gasteiger partial charge in [-0.25, -0.2) is 0 Å². The topological polar surface area (TPSA) is 176 Å². The Morgan fingerprint density at radius 1 is 0.284 bits per heavy atom. The Morgan fingerprint density at radius 2 is 0.569 bits per heavy atom. The Hall–Kier alpha value is -4.57. The fraction of sp³-hybridized carbons (Fsp3) is 0.105. The van der Waals surface area contributed by atoms with Crippen molar-refractivity contribution in [3.05, 3.63) is 303 Å². The molecule has 0 aliphatic rings. The van der Waals surface area contributed by atoms with E-state index in [0.717, 1.165) is 95.0 Å². The molecular weight excluding hydrogens is 1670 g/mol. The molecule has 0 atom stereocenters. The van der Waals surface area contributed by atoms with Gasteiger partial charge in [-0.15, -0.1) is 0 Å². The van der Waals surface area contributed by atoms with Gasteiger partial charge in [0.1, 0.15) is 28.7 Å². The van der Waals surface area contributed by atoms with Gasteiger partial charge >= 0.3 is 178 Å². The zero-order valence-corrected chi connectivity index (χ0v) is 71.9. The van der Waals surface area contributed by atoms with Crippen LogP contribution in [0.5, 0.6) is 28.7 Å². The Balaban J connectivity index is 0.000000412. The first kappa shape index (κ1) is 93.5. The van der Waals surface area contributed by atoms with Crippen molar-refractivity contribution in [3.63, 3.8) is 0 Å². The summed E-state index contributed by atoms with van der Waals surface area (Å²) in [7, 11) is 48.9. The van der Waals surface area contributed by atoms with E-state index >= 15 is 0 Å². The van der Waals surface area contributed by atoms with Gasteiger partial charge in [0.05, 0.1) is 34.0 Å². The number of benzene rings is 10. The Morgan fingerprint density at radius 3 is 0.902 bits per heavy atom. The molecule has 1 aromatic heterocycles. The Bertz CT molecular complexity index is 4230. The van der Waals surface area contributed by atoms with Gasteiger partial charge in [0.15, 0.2) is 0 Å². The molecule has 26 heteroatoms. The number of aryl methyl sites for hydroxylation is 8. The molecule has 0 saturated heterocycles. The molecule has 10 aromatic carbocycles. The summed E-state index contributed by atoms with van der Waals surface area (Å²) in [6, 6.07) is 69.9. The Labute approximate surface area is 682 Å². The molecule has 11 nitrogen and oxygen atoms in total. The molecule has 0 aliphatic heterocycles. The number of hydrogen-bond donors (Lipinski definition) is 5. The average Bonchev–Trinajstić information content (AvgIpc) is 0.849. The number of nitrogens with zero attached hydrogens (tertiary/aromatic N) is 6. The third-order valence-electron chi connectivity index (χ3n) is 13.5. The number of pyridine rings is 1. The van der Waals surface area contributed by atoms with Crippen LogP contribution in [0.15, 0.2) is 256 Å². The first-order valence-corrected chi connectivity index (χ1v) is 51.6. The number of aromatic nitrogens is 1. The van der Waals surface area contributed by atoms with Crippen molar-refractivity contribution in [1.82, 2.24) is 4.98 Å². The molecule has 0 bridgehead atoms. The van der Waals surface area contributed by atoms with E-state index in [1.165, 1.54) is 11.1 Å². The fourth-order valence-electron chi connectivity index (χ4n) is 8.96. The fourth-order valence-corrected chi connectivity index (χ4v) is 8.96. The summed E-state index contributed by atoms with van der Waals surface area (Å²) in [5.41, 5.74) is 18.3. The number of aliphatic imine (C=N–C) groups is 5. The van der Waals surface area contributed by atoms with Gasteiger partial charge in [-0.05, 0) is 179 Å². The van der Waals surface area contributed by atoms with Gasteiger partial charge in [0, 0.05) is 70.5 Å². The molecule has 0 unspecified atom stereocenters. The summed E-state index contributed by atoms with van der Waals surface area (Å²) in [4.78, 5) is 26.5. The van der Waals surface area contributed by atoms with Crippen LogP contribution >= 0.6 is 93.0 Å². The number of halogens is 10. The number of para-hydroxylation sites is 8. The first-order chi connectivity index (χ1) is 49.1. The van der Waals surface area contributed by atoms with E-state index in [1.54, 1.807) is 97.9 Å². The number of phenols is 5. The maximum absolute atomic E-state index is 9.69. The first-order valence-electron chi connectivity index (χ1n) is 30.1. The SMILES string of the molecule is Cc1cc(C)c(N=Cc2ccccc2O)c(C)c1.Cc1cccc(C)c1N=Cc1ccccc1O.Cc1cccc(C)c1N=Cc1ccccc1O.Cc1cccc(N=Cc2ccccc2O)c1.Oc1ccccc1C=Nc1cccc2cccnc12.[Cl][Ti][Cl].[Cl][Ti][Cl].[Cl][Ti][Cl].[Cl][Ti][Cl].[Cl][Ti][Cl]. The molecule has 0 aliphatic carbocycles. The minimum atomic E-state index is -0.556. The second kappa shape index (κ2) is 56.7. The number of fused-ring (bicyclic) bond motifs is 1. The summed E-state index contributed by atoms with van der Waals surface area (Å²) in [6.07, 6.45) is 10.2. The summed E-state index contributed by atoms with van der Waals surface area (Å²) in [5.74, 6) is 1.23. The van der Waals surface area contributed by atoms with Crippen LogP contribution in [0.2, 0.25) is 0 Å². The van der Waals surface area contributed by atoms with Crippen molar-refractivity contribution in [2.45, 2.75) is 55.4 Å². The molecule has 526 valence electrons. The summed E-state index contributed by atoms with van der Waals surface area (Å²) < 4.78 is 0. The van der Waals surface area contributed by atoms with E-state index in [1.807, 2.05) is 186 Å². The molecule has 0 spiro atoms. The zero-order chi connectivity index (χ0) is 75.6. The summed E-state index contributed by atoms with van der Waals surface area (Å²) >= 11 is -2.78. The molecule has 0 radical (unpaired) electrons. The van der Waals surface area contributed by atoms with Crippen molar-refractivity contribution < 1.29 is 111 Å². The number of rotatable bonds is 10. The normalized spacial score (nSPS) is 10.1. The third kappa shape index (κ3) is 37.6. The van der Waals surface area contributed by atoms with Gasteiger partial charge in [-0.3, -0.25) is 29.9 Å². The van der Waals surface area contributed by atoms with Crippen LogP contribution in [0, 0.1) is 55.4 Å². The molecule has 5 N–H and O–H groups in total. The van der Waals surface area contributed by atoms with Crippen molar-refractivity contribution in [2.75, 3.05) is 0 Å². The summed E-state index contributed by atoms with van der Waals surface area (Å²) in [6.45, 7) is 16.3. The van der Waals surface area contributed by atoms with Crippen LogP contribution in [0.3, 0.4) is 0 Å². The van der Waals surface area contributed by atoms with Crippen molar-refractivity contribution in [1.29, 1.82) is 0 Å². The molecule has 11 rings (SSSR count). The van der Waals surface area contributed by atoms with E-state index in [4.69, 9.17) is 93.0 Å². The van der Waals surface area contributed by atoms with Crippen LogP contribution in [0.4, 0.5) is 28.4 Å². The number of aromatic hydroxyl groups is 5. The zero-order valence-electron chi connectivity index (χ0n) is 56.5. The number of hydrogen-bond acceptors (Lipinski definition) is 11. The second-order valence-corrected chi connectivity index (χ2v) is 33.8. The van der Waals surface area contributed by atoms with Crippen LogP contribution in [0.1, 0.15) is 72.3 Å². The predicted molar refractivity (Wildman–Crippen MR) is 421 cm³/mol. The van der Waals surface area contributed by atoms with Gasteiger partial charge in [0.2, 0.25) is 0 Å². The van der Waals surface area contributed by atoms with Crippen LogP contribution in [-0.2, 0) is 85.2 Å². The van der Waals surface area contributed by atoms with Gasteiger partial charge < -0.3 is 25.5 Å². The van der Waals surface area contributed by atoms with Crippen molar-refractivity contribution >= 4 is 163 Å². The van der Waals surface area contributed by atoms with Crippen LogP contribution in [-0.4, -0.2) is 61.6 Å². The van der Waals surface area contributed by atoms with E-state index < -0.39 is 85.2 Å². The molecule has 11 aromatic rings. The standard InChI is InChI=1S/C16H12N2O.C16H17NO.2C15H15NO.C14H13NO.10ClH.5Ti/c19-15-9-2-1-5-13(15)11-18-14-8-3-6-12-7-4-10-17-16(12)14;1-11-8-12(2)16(13(3)9-11)17-10-14-6-4-5-7-15(14)18;2*1-11-6-5-7-12(2)15(11)16-10-13-8-3-4-9-14(13)17;1-11-5-4-7-13(9-11)15-10-12-6-2-3-8-14(12)16;;;;;;;;;;;;;;;/h1-11,19H;4-10,18H,1-3H3;2*3-10,17H,1-2H3;2-10,16H,1H3;10*1H;;;;;/q;;;;;;;;;;;;;;;5*+2/p-10. The van der Waals surface area contributed by atoms with Gasteiger partial charge in [-0.1, -0.05) is 145 Å². The molecular formula is C76H72Cl10N6O5Ti5. The Kier molecular flexibility index (Phi) is 52.0. The average molecular weight is 1740 g/mol. The van der Waals surface area contributed by atoms with E-state index in [-0.39, 0.29) is 28.7 Å². The van der Waals surface area contributed by atoms with Crippen molar-refractivity contribution in [3.8, 4) is 28.7 Å². The van der Waals surface area contributed by atoms with E-state index in [2.05, 4.69) is 62.8 Å². The quantitative estimate of drug-likeness (QED) is 0.0672.